The van der Waals surface area contributed by atoms with Gasteiger partial charge in [0.2, 0.25) is 10.0 Å². The topological polar surface area (TPSA) is 92.3 Å². The van der Waals surface area contributed by atoms with Crippen LogP contribution in [0.5, 0.6) is 0 Å². The van der Waals surface area contributed by atoms with Crippen molar-refractivity contribution < 1.29 is 16.8 Å². The molecule has 0 unspecified atom stereocenters. The number of hydrogen-bond donors (Lipinski definition) is 2. The van der Waals surface area contributed by atoms with Gasteiger partial charge in [-0.05, 0) is 54.6 Å². The van der Waals surface area contributed by atoms with Crippen molar-refractivity contribution in [2.24, 2.45) is 0 Å². The number of anilines is 2. The summed E-state index contributed by atoms with van der Waals surface area (Å²) in [6, 6.07) is 14.2. The molecular weight excluding hydrogens is 526 g/mol. The van der Waals surface area contributed by atoms with Gasteiger partial charge in [0.15, 0.2) is 0 Å². The zero-order valence-corrected chi connectivity index (χ0v) is 20.1. The van der Waals surface area contributed by atoms with Gasteiger partial charge in [0, 0.05) is 26.3 Å². The summed E-state index contributed by atoms with van der Waals surface area (Å²) in [5, 5.41) is 0.957. The lowest BCUT2D eigenvalue weighted by Crippen LogP contribution is -2.16. The van der Waals surface area contributed by atoms with E-state index in [1.807, 2.05) is 0 Å². The first-order valence-corrected chi connectivity index (χ1v) is 13.1. The van der Waals surface area contributed by atoms with Crippen LogP contribution in [0.3, 0.4) is 0 Å². The average molecular weight is 540 g/mol. The number of rotatable bonds is 7. The lowest BCUT2D eigenvalue weighted by molar-refractivity contribution is 0.599. The highest BCUT2D eigenvalue weighted by molar-refractivity contribution is 7.92. The van der Waals surface area contributed by atoms with Gasteiger partial charge in [-0.25, -0.2) is 16.8 Å². The first-order valence-electron chi connectivity index (χ1n) is 8.48. The highest BCUT2D eigenvalue weighted by Gasteiger charge is 2.19. The number of sulfonamides is 2. The summed E-state index contributed by atoms with van der Waals surface area (Å²) in [7, 11) is -7.81. The fourth-order valence-electron chi connectivity index (χ4n) is 2.55. The van der Waals surface area contributed by atoms with E-state index in [-0.39, 0.29) is 36.9 Å². The van der Waals surface area contributed by atoms with Gasteiger partial charge in [0.25, 0.3) is 10.0 Å². The molecule has 2 N–H and O–H groups in total. The van der Waals surface area contributed by atoms with Crippen molar-refractivity contribution in [2.45, 2.75) is 10.6 Å². The van der Waals surface area contributed by atoms with Crippen molar-refractivity contribution in [1.29, 1.82) is 0 Å². The van der Waals surface area contributed by atoms with Gasteiger partial charge in [-0.2, -0.15) is 0 Å². The van der Waals surface area contributed by atoms with Gasteiger partial charge < -0.3 is 0 Å². The molecule has 0 amide bonds. The fourth-order valence-corrected chi connectivity index (χ4v) is 6.09. The Kier molecular flexibility index (Phi) is 7.30. The van der Waals surface area contributed by atoms with Crippen LogP contribution in [0.25, 0.3) is 0 Å². The molecule has 6 nitrogen and oxygen atoms in total. The van der Waals surface area contributed by atoms with E-state index in [9.17, 15) is 16.8 Å². The summed E-state index contributed by atoms with van der Waals surface area (Å²) in [5.41, 5.74) is 0.598. The molecule has 0 fully saturated rings. The van der Waals surface area contributed by atoms with Crippen LogP contribution in [0.1, 0.15) is 5.56 Å². The van der Waals surface area contributed by atoms with Gasteiger partial charge in [-0.1, -0.05) is 52.5 Å². The summed E-state index contributed by atoms with van der Waals surface area (Å²) in [6.45, 7) is 0. The van der Waals surface area contributed by atoms with E-state index in [2.05, 4.69) is 9.44 Å². The maximum absolute atomic E-state index is 12.6. The van der Waals surface area contributed by atoms with Crippen LogP contribution >= 0.6 is 46.4 Å². The molecule has 0 saturated carbocycles. The first kappa shape index (κ1) is 24.0. The highest BCUT2D eigenvalue weighted by atomic mass is 35.5. The van der Waals surface area contributed by atoms with E-state index in [4.69, 9.17) is 46.4 Å². The van der Waals surface area contributed by atoms with Crippen molar-refractivity contribution in [3.05, 3.63) is 86.3 Å². The largest absolute Gasteiger partial charge is 0.283 e. The molecule has 164 valence electrons. The van der Waals surface area contributed by atoms with Gasteiger partial charge in [0.1, 0.15) is 0 Å². The second-order valence-corrected chi connectivity index (χ2v) is 11.4. The maximum atomic E-state index is 12.6. The van der Waals surface area contributed by atoms with Gasteiger partial charge in [0.05, 0.1) is 21.4 Å². The molecule has 0 aromatic heterocycles. The summed E-state index contributed by atoms with van der Waals surface area (Å²) in [6.07, 6.45) is 0. The minimum atomic E-state index is -3.96. The summed E-state index contributed by atoms with van der Waals surface area (Å²) in [4.78, 5) is -0.0874. The molecule has 0 saturated heterocycles. The lowest BCUT2D eigenvalue weighted by Gasteiger charge is -2.12. The van der Waals surface area contributed by atoms with E-state index >= 15 is 0 Å². The van der Waals surface area contributed by atoms with Crippen molar-refractivity contribution in [3.8, 4) is 0 Å². The molecule has 0 aliphatic heterocycles. The van der Waals surface area contributed by atoms with Crippen molar-refractivity contribution >= 4 is 77.8 Å². The zero-order chi connectivity index (χ0) is 22.8. The van der Waals surface area contributed by atoms with Crippen LogP contribution in [-0.2, 0) is 25.8 Å². The molecule has 0 aliphatic carbocycles. The monoisotopic (exact) mass is 538 g/mol. The third-order valence-electron chi connectivity index (χ3n) is 4.01. The minimum Gasteiger partial charge on any atom is -0.283 e. The fraction of sp³-hybridized carbons (Fsp3) is 0.0526. The zero-order valence-electron chi connectivity index (χ0n) is 15.4. The molecule has 3 aromatic rings. The predicted octanol–water partition coefficient (Wildman–Crippen LogP) is 6.04. The van der Waals surface area contributed by atoms with E-state index in [0.29, 0.717) is 5.02 Å². The van der Waals surface area contributed by atoms with E-state index in [1.54, 1.807) is 6.07 Å². The smallest absolute Gasteiger partial charge is 0.261 e. The molecular formula is C19H14Cl4N2O4S2. The number of hydrogen-bond acceptors (Lipinski definition) is 4. The molecule has 0 bridgehead atoms. The Morgan fingerprint density at radius 1 is 0.710 bits per heavy atom. The Morgan fingerprint density at radius 2 is 1.32 bits per heavy atom. The molecule has 31 heavy (non-hydrogen) atoms. The first-order chi connectivity index (χ1) is 14.5. The Morgan fingerprint density at radius 3 is 1.90 bits per heavy atom. The molecule has 3 aromatic carbocycles. The Hall–Kier alpha value is -1.68. The minimum absolute atomic E-state index is 0.0874. The van der Waals surface area contributed by atoms with Gasteiger partial charge in [-0.15, -0.1) is 0 Å². The van der Waals surface area contributed by atoms with Crippen molar-refractivity contribution in [2.75, 3.05) is 9.44 Å². The van der Waals surface area contributed by atoms with E-state index < -0.39 is 25.8 Å². The molecule has 0 aliphatic rings. The van der Waals surface area contributed by atoms with Crippen LogP contribution in [0.15, 0.2) is 65.6 Å². The summed E-state index contributed by atoms with van der Waals surface area (Å²) >= 11 is 23.9. The second kappa shape index (κ2) is 9.44. The van der Waals surface area contributed by atoms with Crippen molar-refractivity contribution in [1.82, 2.24) is 0 Å². The number of benzene rings is 3. The molecule has 0 heterocycles. The normalized spacial score (nSPS) is 11.9. The highest BCUT2D eigenvalue weighted by Crippen LogP contribution is 2.29. The Bertz CT molecular complexity index is 1310. The lowest BCUT2D eigenvalue weighted by atomic mass is 10.2. The van der Waals surface area contributed by atoms with Crippen molar-refractivity contribution in [3.63, 3.8) is 0 Å². The van der Waals surface area contributed by atoms with Gasteiger partial charge in [-0.3, -0.25) is 9.44 Å². The Labute approximate surface area is 200 Å². The van der Waals surface area contributed by atoms with E-state index in [1.165, 1.54) is 54.6 Å². The standard InChI is InChI=1S/C19H14Cl4N2O4S2/c20-12-4-9-19(18(23)10-12)25-31(28,29)14-7-5-13(6-8-14)24-30(26,27)11-15-16(21)2-1-3-17(15)22/h1-10,24-25H,11H2. The molecule has 3 rings (SSSR count). The predicted molar refractivity (Wildman–Crippen MR) is 126 cm³/mol. The molecule has 0 atom stereocenters. The maximum Gasteiger partial charge on any atom is 0.261 e. The molecule has 0 radical (unpaired) electrons. The van der Waals surface area contributed by atoms with Crippen LogP contribution < -0.4 is 9.44 Å². The molecule has 12 heteroatoms. The molecule has 0 spiro atoms. The van der Waals surface area contributed by atoms with E-state index in [0.717, 1.165) is 0 Å². The number of halogens is 4. The van der Waals surface area contributed by atoms with Gasteiger partial charge >= 0.3 is 0 Å². The van der Waals surface area contributed by atoms with Crippen LogP contribution in [0.4, 0.5) is 11.4 Å². The quantitative estimate of drug-likeness (QED) is 0.382. The van der Waals surface area contributed by atoms with Crippen LogP contribution in [0, 0.1) is 0 Å². The Balaban J connectivity index is 1.76. The average Bonchev–Trinajstić information content (AvgIpc) is 2.67. The van der Waals surface area contributed by atoms with Crippen LogP contribution in [-0.4, -0.2) is 16.8 Å². The number of nitrogens with one attached hydrogen (secondary N) is 2. The summed E-state index contributed by atoms with van der Waals surface area (Å²) < 4.78 is 54.8. The van der Waals surface area contributed by atoms with Crippen LogP contribution in [0.2, 0.25) is 20.1 Å². The third kappa shape index (κ3) is 6.19. The third-order valence-corrected chi connectivity index (χ3v) is 7.86. The second-order valence-electron chi connectivity index (χ2n) is 6.32. The SMILES string of the molecule is O=S(=O)(Cc1c(Cl)cccc1Cl)Nc1ccc(S(=O)(=O)Nc2ccc(Cl)cc2Cl)cc1. The summed E-state index contributed by atoms with van der Waals surface area (Å²) in [5.74, 6) is -0.442.